The third-order valence-corrected chi connectivity index (χ3v) is 5.28. The number of halogens is 4. The van der Waals surface area contributed by atoms with Crippen molar-refractivity contribution in [2.75, 3.05) is 4.72 Å². The first-order valence-electron chi connectivity index (χ1n) is 5.09. The standard InChI is InChI=1S/C11H6BrCl3N2O2S/c12-6-4-7(13)10(8(14)5-6)20(18,19)17-9-2-1-3-16-11(9)15/h1-5,17H. The third-order valence-electron chi connectivity index (χ3n) is 2.24. The fourth-order valence-electron chi connectivity index (χ4n) is 1.44. The molecule has 4 nitrogen and oxygen atoms in total. The number of hydrogen-bond acceptors (Lipinski definition) is 3. The highest BCUT2D eigenvalue weighted by atomic mass is 79.9. The van der Waals surface area contributed by atoms with Gasteiger partial charge in [0.1, 0.15) is 4.90 Å². The van der Waals surface area contributed by atoms with Gasteiger partial charge in [-0.3, -0.25) is 4.72 Å². The van der Waals surface area contributed by atoms with Gasteiger partial charge in [-0.1, -0.05) is 50.7 Å². The van der Waals surface area contributed by atoms with Crippen molar-refractivity contribution in [3.05, 3.63) is 50.1 Å². The van der Waals surface area contributed by atoms with Crippen LogP contribution >= 0.6 is 50.7 Å². The maximum atomic E-state index is 12.3. The van der Waals surface area contributed by atoms with Crippen molar-refractivity contribution < 1.29 is 8.42 Å². The first-order chi connectivity index (χ1) is 9.31. The minimum atomic E-state index is -3.97. The second-order valence-electron chi connectivity index (χ2n) is 3.65. The zero-order valence-corrected chi connectivity index (χ0v) is 14.2. The molecule has 2 aromatic rings. The van der Waals surface area contributed by atoms with E-state index in [-0.39, 0.29) is 25.8 Å². The third kappa shape index (κ3) is 3.38. The molecule has 0 spiro atoms. The lowest BCUT2D eigenvalue weighted by atomic mass is 10.4. The lowest BCUT2D eigenvalue weighted by Crippen LogP contribution is -2.14. The number of benzene rings is 1. The molecule has 106 valence electrons. The van der Waals surface area contributed by atoms with Crippen LogP contribution < -0.4 is 4.72 Å². The molecule has 20 heavy (non-hydrogen) atoms. The Morgan fingerprint density at radius 1 is 1.15 bits per heavy atom. The second kappa shape index (κ2) is 6.07. The summed E-state index contributed by atoms with van der Waals surface area (Å²) in [5.41, 5.74) is 0.143. The SMILES string of the molecule is O=S(=O)(Nc1cccnc1Cl)c1c(Cl)cc(Br)cc1Cl. The Kier molecular flexibility index (Phi) is 4.81. The molecule has 1 heterocycles. The van der Waals surface area contributed by atoms with Crippen LogP contribution in [-0.2, 0) is 10.0 Å². The average Bonchev–Trinajstić information content (AvgIpc) is 2.30. The molecule has 0 bridgehead atoms. The Balaban J connectivity index is 2.50. The molecule has 0 aliphatic rings. The number of nitrogens with one attached hydrogen (secondary N) is 1. The number of hydrogen-bond donors (Lipinski definition) is 1. The van der Waals surface area contributed by atoms with Gasteiger partial charge in [-0.05, 0) is 24.3 Å². The van der Waals surface area contributed by atoms with Crippen molar-refractivity contribution in [1.82, 2.24) is 4.98 Å². The zero-order valence-electron chi connectivity index (χ0n) is 9.57. The van der Waals surface area contributed by atoms with Gasteiger partial charge in [-0.25, -0.2) is 13.4 Å². The van der Waals surface area contributed by atoms with Gasteiger partial charge in [0.2, 0.25) is 0 Å². The van der Waals surface area contributed by atoms with Gasteiger partial charge in [0.05, 0.1) is 15.7 Å². The summed E-state index contributed by atoms with van der Waals surface area (Å²) in [5.74, 6) is 0. The quantitative estimate of drug-likeness (QED) is 0.744. The monoisotopic (exact) mass is 414 g/mol. The van der Waals surface area contributed by atoms with E-state index in [2.05, 4.69) is 25.6 Å². The molecule has 2 rings (SSSR count). The largest absolute Gasteiger partial charge is 0.276 e. The topological polar surface area (TPSA) is 59.1 Å². The molecule has 0 atom stereocenters. The van der Waals surface area contributed by atoms with Crippen molar-refractivity contribution in [2.45, 2.75) is 4.90 Å². The van der Waals surface area contributed by atoms with Gasteiger partial charge < -0.3 is 0 Å². The second-order valence-corrected chi connectivity index (χ2v) is 7.35. The Bertz CT molecular complexity index is 745. The lowest BCUT2D eigenvalue weighted by Gasteiger charge is -2.12. The summed E-state index contributed by atoms with van der Waals surface area (Å²) >= 11 is 20.9. The van der Waals surface area contributed by atoms with Crippen molar-refractivity contribution in [2.24, 2.45) is 0 Å². The summed E-state index contributed by atoms with van der Waals surface area (Å²) < 4.78 is 27.5. The summed E-state index contributed by atoms with van der Waals surface area (Å²) in [6, 6.07) is 5.90. The summed E-state index contributed by atoms with van der Waals surface area (Å²) in [4.78, 5) is 3.56. The number of sulfonamides is 1. The number of aromatic nitrogens is 1. The number of pyridine rings is 1. The lowest BCUT2D eigenvalue weighted by molar-refractivity contribution is 0.601. The van der Waals surface area contributed by atoms with Crippen LogP contribution in [0.3, 0.4) is 0 Å². The molecule has 1 aromatic carbocycles. The molecule has 1 N–H and O–H groups in total. The molecular formula is C11H6BrCl3N2O2S. The van der Waals surface area contributed by atoms with Crippen LogP contribution in [0.4, 0.5) is 5.69 Å². The molecule has 0 aliphatic carbocycles. The highest BCUT2D eigenvalue weighted by Gasteiger charge is 2.23. The van der Waals surface area contributed by atoms with Crippen LogP contribution in [0.5, 0.6) is 0 Å². The van der Waals surface area contributed by atoms with E-state index in [1.807, 2.05) is 0 Å². The highest BCUT2D eigenvalue weighted by Crippen LogP contribution is 2.34. The summed E-state index contributed by atoms with van der Waals surface area (Å²) in [5, 5.41) is 0.0224. The fourth-order valence-corrected chi connectivity index (χ4v) is 4.67. The fraction of sp³-hybridized carbons (Fsp3) is 0. The Labute approximate surface area is 139 Å². The smallest absolute Gasteiger partial charge is 0.264 e. The molecule has 0 saturated carbocycles. The molecule has 0 radical (unpaired) electrons. The molecule has 0 aliphatic heterocycles. The maximum absolute atomic E-state index is 12.3. The molecule has 0 unspecified atom stereocenters. The van der Waals surface area contributed by atoms with E-state index in [1.165, 1.54) is 24.4 Å². The van der Waals surface area contributed by atoms with Crippen LogP contribution in [0.15, 0.2) is 39.8 Å². The van der Waals surface area contributed by atoms with Crippen molar-refractivity contribution in [3.63, 3.8) is 0 Å². The van der Waals surface area contributed by atoms with E-state index in [0.29, 0.717) is 4.47 Å². The first-order valence-corrected chi connectivity index (χ1v) is 8.50. The molecule has 1 aromatic heterocycles. The van der Waals surface area contributed by atoms with Gasteiger partial charge >= 0.3 is 0 Å². The van der Waals surface area contributed by atoms with Gasteiger partial charge in [-0.2, -0.15) is 0 Å². The van der Waals surface area contributed by atoms with E-state index >= 15 is 0 Å². The van der Waals surface area contributed by atoms with E-state index in [0.717, 1.165) is 0 Å². The average molecular weight is 417 g/mol. The van der Waals surface area contributed by atoms with Gasteiger partial charge in [0.25, 0.3) is 10.0 Å². The summed E-state index contributed by atoms with van der Waals surface area (Å²) in [6.07, 6.45) is 1.44. The van der Waals surface area contributed by atoms with Gasteiger partial charge in [0.15, 0.2) is 5.15 Å². The predicted octanol–water partition coefficient (Wildman–Crippen LogP) is 4.61. The van der Waals surface area contributed by atoms with E-state index in [9.17, 15) is 8.42 Å². The molecule has 0 amide bonds. The van der Waals surface area contributed by atoms with Crippen LogP contribution in [0.1, 0.15) is 0 Å². The normalized spacial score (nSPS) is 11.4. The zero-order chi connectivity index (χ0) is 14.9. The summed E-state index contributed by atoms with van der Waals surface area (Å²) in [6.45, 7) is 0. The molecular weight excluding hydrogens is 410 g/mol. The van der Waals surface area contributed by atoms with Crippen LogP contribution in [-0.4, -0.2) is 13.4 Å². The molecule has 0 saturated heterocycles. The minimum Gasteiger partial charge on any atom is -0.276 e. The van der Waals surface area contributed by atoms with Crippen LogP contribution in [0.2, 0.25) is 15.2 Å². The number of nitrogens with zero attached hydrogens (tertiary/aromatic N) is 1. The van der Waals surface area contributed by atoms with Gasteiger partial charge in [-0.15, -0.1) is 0 Å². The maximum Gasteiger partial charge on any atom is 0.264 e. The Morgan fingerprint density at radius 3 is 2.30 bits per heavy atom. The first kappa shape index (κ1) is 15.9. The molecule has 9 heteroatoms. The Morgan fingerprint density at radius 2 is 1.75 bits per heavy atom. The van der Waals surface area contributed by atoms with Crippen molar-refractivity contribution in [1.29, 1.82) is 0 Å². The Hall–Kier alpha value is -0.530. The van der Waals surface area contributed by atoms with Gasteiger partial charge in [0, 0.05) is 10.7 Å². The van der Waals surface area contributed by atoms with Crippen molar-refractivity contribution >= 4 is 66.4 Å². The predicted molar refractivity (Wildman–Crippen MR) is 84.2 cm³/mol. The van der Waals surface area contributed by atoms with Crippen LogP contribution in [0.25, 0.3) is 0 Å². The summed E-state index contributed by atoms with van der Waals surface area (Å²) in [7, 11) is -3.97. The van der Waals surface area contributed by atoms with Crippen molar-refractivity contribution in [3.8, 4) is 0 Å². The molecule has 0 fully saturated rings. The van der Waals surface area contributed by atoms with Crippen LogP contribution in [0, 0.1) is 0 Å². The highest BCUT2D eigenvalue weighted by molar-refractivity contribution is 9.10. The van der Waals surface area contributed by atoms with E-state index < -0.39 is 10.0 Å². The minimum absolute atomic E-state index is 0.00288. The number of anilines is 1. The number of rotatable bonds is 3. The van der Waals surface area contributed by atoms with E-state index in [1.54, 1.807) is 6.07 Å². The van der Waals surface area contributed by atoms with E-state index in [4.69, 9.17) is 34.8 Å².